The smallest absolute Gasteiger partial charge is 0.329 e. The zero-order valence-electron chi connectivity index (χ0n) is 14.1. The van der Waals surface area contributed by atoms with E-state index >= 15 is 0 Å². The van der Waals surface area contributed by atoms with Gasteiger partial charge in [0.1, 0.15) is 24.3 Å². The number of hydrogen-bond donors (Lipinski definition) is 1. The molecule has 0 aliphatic heterocycles. The van der Waals surface area contributed by atoms with Crippen LogP contribution in [0.25, 0.3) is 11.0 Å². The van der Waals surface area contributed by atoms with Crippen LogP contribution in [0.3, 0.4) is 0 Å². The van der Waals surface area contributed by atoms with Crippen LogP contribution in [0.5, 0.6) is 5.75 Å². The lowest BCUT2D eigenvalue weighted by Gasteiger charge is -2.13. The van der Waals surface area contributed by atoms with Crippen LogP contribution < -0.4 is 10.4 Å². The van der Waals surface area contributed by atoms with Gasteiger partial charge in [-0.2, -0.15) is 0 Å². The summed E-state index contributed by atoms with van der Waals surface area (Å²) < 4.78 is 21.6. The van der Waals surface area contributed by atoms with Crippen molar-refractivity contribution in [3.05, 3.63) is 64.8 Å². The number of aliphatic hydroxyl groups is 1. The van der Waals surface area contributed by atoms with Crippen LogP contribution in [0, 0.1) is 5.82 Å². The molecule has 6 heteroatoms. The van der Waals surface area contributed by atoms with E-state index in [0.717, 1.165) is 17.5 Å². The van der Waals surface area contributed by atoms with Crippen LogP contribution in [-0.4, -0.2) is 27.0 Å². The Morgan fingerprint density at radius 3 is 2.36 bits per heavy atom. The summed E-state index contributed by atoms with van der Waals surface area (Å²) in [6, 6.07) is 13.1. The fraction of sp³-hybridized carbons (Fsp3) is 0.316. The maximum Gasteiger partial charge on any atom is 0.329 e. The number of imidazole rings is 1. The van der Waals surface area contributed by atoms with E-state index < -0.39 is 6.10 Å². The van der Waals surface area contributed by atoms with E-state index in [9.17, 15) is 14.3 Å². The average Bonchev–Trinajstić information content (AvgIpc) is 2.88. The summed E-state index contributed by atoms with van der Waals surface area (Å²) in [6.07, 6.45) is -0.00641. The minimum absolute atomic E-state index is 0.0192. The predicted molar refractivity (Wildman–Crippen MR) is 94.4 cm³/mol. The Kier molecular flexibility index (Phi) is 5.19. The molecule has 1 heterocycles. The van der Waals surface area contributed by atoms with Crippen molar-refractivity contribution in [2.24, 2.45) is 0 Å². The molecule has 25 heavy (non-hydrogen) atoms. The number of ether oxygens (including phenoxy) is 1. The van der Waals surface area contributed by atoms with Gasteiger partial charge in [0.15, 0.2) is 0 Å². The monoisotopic (exact) mass is 344 g/mol. The van der Waals surface area contributed by atoms with Crippen LogP contribution in [0.1, 0.15) is 13.3 Å². The summed E-state index contributed by atoms with van der Waals surface area (Å²) in [6.45, 7) is 2.81. The topological polar surface area (TPSA) is 56.4 Å². The van der Waals surface area contributed by atoms with Crippen molar-refractivity contribution < 1.29 is 14.2 Å². The van der Waals surface area contributed by atoms with Crippen molar-refractivity contribution in [1.29, 1.82) is 0 Å². The quantitative estimate of drug-likeness (QED) is 0.717. The molecule has 1 N–H and O–H groups in total. The van der Waals surface area contributed by atoms with Gasteiger partial charge < -0.3 is 9.84 Å². The summed E-state index contributed by atoms with van der Waals surface area (Å²) in [5, 5.41) is 10.3. The molecule has 3 rings (SSSR count). The molecule has 132 valence electrons. The Labute approximate surface area is 144 Å². The highest BCUT2D eigenvalue weighted by molar-refractivity contribution is 5.76. The Balaban J connectivity index is 1.76. The first-order valence-corrected chi connectivity index (χ1v) is 8.34. The minimum atomic E-state index is -0.858. The van der Waals surface area contributed by atoms with Gasteiger partial charge >= 0.3 is 5.69 Å². The van der Waals surface area contributed by atoms with Gasteiger partial charge in [-0.15, -0.1) is 0 Å². The zero-order chi connectivity index (χ0) is 17.8. The Morgan fingerprint density at radius 2 is 1.72 bits per heavy atom. The molecular formula is C19H21FN2O3. The molecular weight excluding hydrogens is 323 g/mol. The fourth-order valence-electron chi connectivity index (χ4n) is 2.88. The van der Waals surface area contributed by atoms with Crippen LogP contribution in [0.2, 0.25) is 0 Å². The number of halogens is 1. The highest BCUT2D eigenvalue weighted by Crippen LogP contribution is 2.15. The molecule has 5 nitrogen and oxygen atoms in total. The minimum Gasteiger partial charge on any atom is -0.491 e. The predicted octanol–water partition coefficient (Wildman–Crippen LogP) is 2.79. The number of hydrogen-bond acceptors (Lipinski definition) is 3. The maximum absolute atomic E-state index is 12.9. The Bertz CT molecular complexity index is 899. The van der Waals surface area contributed by atoms with Gasteiger partial charge in [0, 0.05) is 6.54 Å². The first kappa shape index (κ1) is 17.2. The lowest BCUT2D eigenvalue weighted by Crippen LogP contribution is -2.31. The van der Waals surface area contributed by atoms with Crippen molar-refractivity contribution in [1.82, 2.24) is 9.13 Å². The molecule has 3 aromatic rings. The van der Waals surface area contributed by atoms with E-state index in [1.54, 1.807) is 9.13 Å². The third-order valence-corrected chi connectivity index (χ3v) is 4.02. The van der Waals surface area contributed by atoms with Crippen LogP contribution in [0.15, 0.2) is 53.3 Å². The van der Waals surface area contributed by atoms with Gasteiger partial charge in [0.05, 0.1) is 17.6 Å². The first-order chi connectivity index (χ1) is 12.1. The number of aryl methyl sites for hydroxylation is 1. The van der Waals surface area contributed by atoms with E-state index in [2.05, 4.69) is 0 Å². The molecule has 1 atom stereocenters. The van der Waals surface area contributed by atoms with E-state index in [4.69, 9.17) is 4.74 Å². The van der Waals surface area contributed by atoms with Crippen molar-refractivity contribution >= 4 is 11.0 Å². The molecule has 0 fully saturated rings. The fourth-order valence-corrected chi connectivity index (χ4v) is 2.88. The average molecular weight is 344 g/mol. The molecule has 0 bridgehead atoms. The number of fused-ring (bicyclic) bond motifs is 1. The number of rotatable bonds is 7. The van der Waals surface area contributed by atoms with Crippen molar-refractivity contribution in [2.45, 2.75) is 32.5 Å². The lowest BCUT2D eigenvalue weighted by atomic mass is 10.3. The molecule has 0 saturated carbocycles. The number of nitrogens with zero attached hydrogens (tertiary/aromatic N) is 2. The maximum atomic E-state index is 12.9. The summed E-state index contributed by atoms with van der Waals surface area (Å²) in [4.78, 5) is 12.7. The Hall–Kier alpha value is -2.60. The molecule has 1 unspecified atom stereocenters. The molecule has 0 saturated heterocycles. The summed E-state index contributed by atoms with van der Waals surface area (Å²) >= 11 is 0. The van der Waals surface area contributed by atoms with Gasteiger partial charge in [0.2, 0.25) is 0 Å². The molecule has 0 radical (unpaired) electrons. The second-order valence-electron chi connectivity index (χ2n) is 5.95. The summed E-state index contributed by atoms with van der Waals surface area (Å²) in [5.74, 6) is 0.129. The largest absolute Gasteiger partial charge is 0.491 e. The molecule has 0 amide bonds. The van der Waals surface area contributed by atoms with Crippen LogP contribution in [-0.2, 0) is 13.1 Å². The van der Waals surface area contributed by atoms with Crippen LogP contribution in [0.4, 0.5) is 4.39 Å². The third-order valence-electron chi connectivity index (χ3n) is 4.02. The molecule has 0 aliphatic rings. The van der Waals surface area contributed by atoms with Crippen molar-refractivity contribution in [3.63, 3.8) is 0 Å². The van der Waals surface area contributed by atoms with Gasteiger partial charge in [-0.1, -0.05) is 19.1 Å². The van der Waals surface area contributed by atoms with Gasteiger partial charge in [-0.25, -0.2) is 9.18 Å². The molecule has 2 aromatic carbocycles. The zero-order valence-corrected chi connectivity index (χ0v) is 14.1. The standard InChI is InChI=1S/C19H21FN2O3/c1-2-11-21-17-5-3-4-6-18(17)22(19(21)24)12-15(23)13-25-16-9-7-14(20)8-10-16/h3-10,15,23H,2,11-13H2,1H3. The SMILES string of the molecule is CCCn1c(=O)n(CC(O)COc2ccc(F)cc2)c2ccccc21. The summed E-state index contributed by atoms with van der Waals surface area (Å²) in [5.41, 5.74) is 1.52. The molecule has 0 spiro atoms. The van der Waals surface area contributed by atoms with Gasteiger partial charge in [-0.3, -0.25) is 9.13 Å². The van der Waals surface area contributed by atoms with E-state index in [-0.39, 0.29) is 24.7 Å². The van der Waals surface area contributed by atoms with Crippen molar-refractivity contribution in [3.8, 4) is 5.75 Å². The van der Waals surface area contributed by atoms with E-state index in [1.807, 2.05) is 31.2 Å². The third kappa shape index (κ3) is 3.74. The second kappa shape index (κ2) is 7.53. The van der Waals surface area contributed by atoms with Crippen molar-refractivity contribution in [2.75, 3.05) is 6.61 Å². The summed E-state index contributed by atoms with van der Waals surface area (Å²) in [7, 11) is 0. The number of aromatic nitrogens is 2. The second-order valence-corrected chi connectivity index (χ2v) is 5.95. The first-order valence-electron chi connectivity index (χ1n) is 8.34. The molecule has 0 aliphatic carbocycles. The van der Waals surface area contributed by atoms with Crippen LogP contribution >= 0.6 is 0 Å². The highest BCUT2D eigenvalue weighted by Gasteiger charge is 2.15. The lowest BCUT2D eigenvalue weighted by molar-refractivity contribution is 0.0924. The number of benzene rings is 2. The number of para-hydroxylation sites is 2. The van der Waals surface area contributed by atoms with Gasteiger partial charge in [-0.05, 0) is 42.8 Å². The highest BCUT2D eigenvalue weighted by atomic mass is 19.1. The Morgan fingerprint density at radius 1 is 1.08 bits per heavy atom. The van der Waals surface area contributed by atoms with E-state index in [1.165, 1.54) is 24.3 Å². The molecule has 1 aromatic heterocycles. The number of aliphatic hydroxyl groups excluding tert-OH is 1. The van der Waals surface area contributed by atoms with E-state index in [0.29, 0.717) is 12.3 Å². The normalized spacial score (nSPS) is 12.4. The van der Waals surface area contributed by atoms with Gasteiger partial charge in [0.25, 0.3) is 0 Å².